The van der Waals surface area contributed by atoms with Gasteiger partial charge in [0, 0.05) is 0 Å². The lowest BCUT2D eigenvalue weighted by molar-refractivity contribution is -0.122. The predicted molar refractivity (Wildman–Crippen MR) is 112 cm³/mol. The van der Waals surface area contributed by atoms with Crippen molar-refractivity contribution in [3.63, 3.8) is 0 Å². The van der Waals surface area contributed by atoms with Gasteiger partial charge in [-0.15, -0.1) is 0 Å². The van der Waals surface area contributed by atoms with Gasteiger partial charge in [0.05, 0.1) is 18.5 Å². The highest BCUT2D eigenvalue weighted by Gasteiger charge is 2.31. The van der Waals surface area contributed by atoms with E-state index in [-0.39, 0.29) is 12.5 Å². The lowest BCUT2D eigenvalue weighted by atomic mass is 10.1. The second-order valence-corrected chi connectivity index (χ2v) is 8.52. The number of sulfonamides is 1. The number of nitrogens with zero attached hydrogens (tertiary/aromatic N) is 1. The third-order valence-corrected chi connectivity index (χ3v) is 5.73. The van der Waals surface area contributed by atoms with E-state index in [2.05, 4.69) is 5.32 Å². The molecule has 0 aliphatic rings. The second kappa shape index (κ2) is 9.59. The number of amides is 1. The second-order valence-electron chi connectivity index (χ2n) is 6.66. The zero-order chi connectivity index (χ0) is 20.7. The van der Waals surface area contributed by atoms with Crippen LogP contribution in [0.25, 0.3) is 0 Å². The van der Waals surface area contributed by atoms with Crippen LogP contribution in [0.4, 0.5) is 5.69 Å². The average molecular weight is 405 g/mol. The van der Waals surface area contributed by atoms with Crippen LogP contribution in [0.15, 0.2) is 48.5 Å². The molecule has 2 aromatic carbocycles. The molecular formula is C21H28N2O4S. The Bertz CT molecular complexity index is 898. The Labute approximate surface area is 167 Å². The summed E-state index contributed by atoms with van der Waals surface area (Å²) in [5.74, 6) is 0.435. The van der Waals surface area contributed by atoms with Crippen molar-refractivity contribution in [2.24, 2.45) is 0 Å². The summed E-state index contributed by atoms with van der Waals surface area (Å²) in [4.78, 5) is 12.7. The number of rotatable bonds is 9. The number of para-hydroxylation sites is 1. The standard InChI is InChI=1S/C21H28N2O4S/c1-5-19(23(28(4,25)26)18-11-7-6-8-12-18)21(24)22-14-15-27-20-13-9-10-16(2)17(20)3/h6-13,19H,5,14-15H2,1-4H3,(H,22,24)/t19-/m1/s1. The molecule has 0 aromatic heterocycles. The molecule has 6 nitrogen and oxygen atoms in total. The molecule has 28 heavy (non-hydrogen) atoms. The monoisotopic (exact) mass is 404 g/mol. The van der Waals surface area contributed by atoms with Crippen molar-refractivity contribution in [3.8, 4) is 5.75 Å². The first-order valence-corrected chi connectivity index (χ1v) is 11.1. The van der Waals surface area contributed by atoms with Crippen LogP contribution in [-0.2, 0) is 14.8 Å². The minimum atomic E-state index is -3.62. The third kappa shape index (κ3) is 5.48. The molecule has 0 heterocycles. The van der Waals surface area contributed by atoms with Crippen molar-refractivity contribution >= 4 is 21.6 Å². The van der Waals surface area contributed by atoms with Crippen LogP contribution in [0.5, 0.6) is 5.75 Å². The van der Waals surface area contributed by atoms with Gasteiger partial charge in [-0.1, -0.05) is 37.3 Å². The number of nitrogens with one attached hydrogen (secondary N) is 1. The SMILES string of the molecule is CC[C@H](C(=O)NCCOc1cccc(C)c1C)N(c1ccccc1)S(C)(=O)=O. The Hall–Kier alpha value is -2.54. The number of carbonyl (C=O) groups is 1. The van der Waals surface area contributed by atoms with E-state index in [1.807, 2.05) is 32.0 Å². The summed E-state index contributed by atoms with van der Waals surface area (Å²) in [6.07, 6.45) is 1.46. The van der Waals surface area contributed by atoms with Crippen LogP contribution >= 0.6 is 0 Å². The van der Waals surface area contributed by atoms with Gasteiger partial charge in [0.25, 0.3) is 0 Å². The summed E-state index contributed by atoms with van der Waals surface area (Å²) in [5.41, 5.74) is 2.67. The maximum absolute atomic E-state index is 12.7. The Morgan fingerprint density at radius 1 is 1.11 bits per heavy atom. The smallest absolute Gasteiger partial charge is 0.244 e. The Balaban J connectivity index is 2.03. The van der Waals surface area contributed by atoms with Gasteiger partial charge < -0.3 is 10.1 Å². The minimum Gasteiger partial charge on any atom is -0.491 e. The Morgan fingerprint density at radius 3 is 2.39 bits per heavy atom. The molecule has 0 bridgehead atoms. The van der Waals surface area contributed by atoms with Crippen molar-refractivity contribution in [2.45, 2.75) is 33.2 Å². The molecule has 1 atom stereocenters. The van der Waals surface area contributed by atoms with E-state index in [1.54, 1.807) is 37.3 Å². The molecule has 152 valence electrons. The summed E-state index contributed by atoms with van der Waals surface area (Å²) in [5, 5.41) is 2.79. The zero-order valence-corrected chi connectivity index (χ0v) is 17.6. The number of ether oxygens (including phenoxy) is 1. The number of benzene rings is 2. The topological polar surface area (TPSA) is 75.7 Å². The molecule has 1 N–H and O–H groups in total. The highest BCUT2D eigenvalue weighted by atomic mass is 32.2. The number of hydrogen-bond acceptors (Lipinski definition) is 4. The summed E-state index contributed by atoms with van der Waals surface area (Å²) in [6.45, 7) is 6.38. The molecule has 0 aliphatic heterocycles. The summed E-state index contributed by atoms with van der Waals surface area (Å²) >= 11 is 0. The van der Waals surface area contributed by atoms with Crippen LogP contribution < -0.4 is 14.4 Å². The molecule has 2 aromatic rings. The van der Waals surface area contributed by atoms with E-state index in [0.29, 0.717) is 18.7 Å². The zero-order valence-electron chi connectivity index (χ0n) is 16.8. The van der Waals surface area contributed by atoms with Crippen LogP contribution in [0.3, 0.4) is 0 Å². The molecule has 0 unspecified atom stereocenters. The normalized spacial score (nSPS) is 12.3. The third-order valence-electron chi connectivity index (χ3n) is 4.55. The van der Waals surface area contributed by atoms with Gasteiger partial charge in [0.1, 0.15) is 18.4 Å². The molecule has 0 saturated carbocycles. The van der Waals surface area contributed by atoms with Crippen LogP contribution in [0.2, 0.25) is 0 Å². The van der Waals surface area contributed by atoms with Crippen LogP contribution in [-0.4, -0.2) is 39.8 Å². The van der Waals surface area contributed by atoms with Gasteiger partial charge in [-0.3, -0.25) is 9.10 Å². The minimum absolute atomic E-state index is 0.287. The molecule has 1 amide bonds. The summed E-state index contributed by atoms with van der Waals surface area (Å²) in [7, 11) is -3.62. The van der Waals surface area contributed by atoms with Crippen LogP contribution in [0.1, 0.15) is 24.5 Å². The van der Waals surface area contributed by atoms with E-state index in [1.165, 1.54) is 4.31 Å². The quantitative estimate of drug-likeness (QED) is 0.652. The van der Waals surface area contributed by atoms with Crippen molar-refractivity contribution in [1.29, 1.82) is 0 Å². The van der Waals surface area contributed by atoms with Crippen molar-refractivity contribution in [1.82, 2.24) is 5.32 Å². The van der Waals surface area contributed by atoms with Gasteiger partial charge in [-0.05, 0) is 49.6 Å². The fraction of sp³-hybridized carbons (Fsp3) is 0.381. The van der Waals surface area contributed by atoms with Gasteiger partial charge in [0.15, 0.2) is 0 Å². The number of aryl methyl sites for hydroxylation is 1. The van der Waals surface area contributed by atoms with Crippen LogP contribution in [0, 0.1) is 13.8 Å². The first-order chi connectivity index (χ1) is 13.3. The molecule has 7 heteroatoms. The van der Waals surface area contributed by atoms with Gasteiger partial charge in [-0.2, -0.15) is 0 Å². The Kier molecular flexibility index (Phi) is 7.45. The van der Waals surface area contributed by atoms with Gasteiger partial charge >= 0.3 is 0 Å². The highest BCUT2D eigenvalue weighted by Crippen LogP contribution is 2.22. The number of hydrogen-bond donors (Lipinski definition) is 1. The van der Waals surface area contributed by atoms with Crippen molar-refractivity contribution in [2.75, 3.05) is 23.7 Å². The van der Waals surface area contributed by atoms with E-state index in [4.69, 9.17) is 4.74 Å². The lowest BCUT2D eigenvalue weighted by Crippen LogP contribution is -2.49. The molecular weight excluding hydrogens is 376 g/mol. The predicted octanol–water partition coefficient (Wildman–Crippen LogP) is 3.04. The fourth-order valence-corrected chi connectivity index (χ4v) is 4.18. The van der Waals surface area contributed by atoms with Crippen molar-refractivity contribution < 1.29 is 17.9 Å². The summed E-state index contributed by atoms with van der Waals surface area (Å²) in [6, 6.07) is 13.7. The van der Waals surface area contributed by atoms with E-state index in [0.717, 1.165) is 23.1 Å². The lowest BCUT2D eigenvalue weighted by Gasteiger charge is -2.30. The van der Waals surface area contributed by atoms with E-state index in [9.17, 15) is 13.2 Å². The largest absolute Gasteiger partial charge is 0.491 e. The van der Waals surface area contributed by atoms with E-state index >= 15 is 0 Å². The number of anilines is 1. The molecule has 0 aliphatic carbocycles. The molecule has 0 spiro atoms. The first-order valence-electron chi connectivity index (χ1n) is 9.27. The molecule has 2 rings (SSSR count). The van der Waals surface area contributed by atoms with Crippen molar-refractivity contribution in [3.05, 3.63) is 59.7 Å². The fourth-order valence-electron chi connectivity index (χ4n) is 2.97. The van der Waals surface area contributed by atoms with E-state index < -0.39 is 16.1 Å². The summed E-state index contributed by atoms with van der Waals surface area (Å²) < 4.78 is 31.6. The maximum atomic E-state index is 12.7. The molecule has 0 saturated heterocycles. The maximum Gasteiger partial charge on any atom is 0.244 e. The van der Waals surface area contributed by atoms with Gasteiger partial charge in [-0.25, -0.2) is 8.42 Å². The molecule has 0 radical (unpaired) electrons. The molecule has 0 fully saturated rings. The Morgan fingerprint density at radius 2 is 1.79 bits per heavy atom. The first kappa shape index (κ1) is 21.8. The van der Waals surface area contributed by atoms with Gasteiger partial charge in [0.2, 0.25) is 15.9 Å². The number of carbonyl (C=O) groups excluding carboxylic acids is 1. The average Bonchev–Trinajstić information content (AvgIpc) is 2.65. The highest BCUT2D eigenvalue weighted by molar-refractivity contribution is 7.92.